The Morgan fingerprint density at radius 1 is 0.769 bits per heavy atom. The number of alkyl halides is 3. The van der Waals surface area contributed by atoms with Crippen LogP contribution in [0.5, 0.6) is 0 Å². The molecule has 1 heterocycles. The molecule has 8 nitrogen and oxygen atoms in total. The molecule has 3 aromatic carbocycles. The molecule has 1 aromatic heterocycles. The topological polar surface area (TPSA) is 110 Å². The Morgan fingerprint density at radius 3 is 1.82 bits per heavy atom. The molecule has 0 bridgehead atoms. The third kappa shape index (κ3) is 7.34. The molecule has 0 atom stereocenters. The van der Waals surface area contributed by atoms with E-state index in [4.69, 9.17) is 0 Å². The zero-order valence-electron chi connectivity index (χ0n) is 20.8. The van der Waals surface area contributed by atoms with Crippen LogP contribution in [0.4, 0.5) is 30.5 Å². The van der Waals surface area contributed by atoms with Crippen molar-refractivity contribution in [3.05, 3.63) is 83.4 Å². The van der Waals surface area contributed by atoms with Crippen LogP contribution in [0.15, 0.2) is 97.1 Å². The molecule has 0 aliphatic rings. The quantitative estimate of drug-likeness (QED) is 0.209. The third-order valence-electron chi connectivity index (χ3n) is 5.12. The highest BCUT2D eigenvalue weighted by atomic mass is 32.2. The maximum atomic E-state index is 13.0. The number of benzene rings is 3. The van der Waals surface area contributed by atoms with E-state index in [1.165, 1.54) is 40.4 Å². The van der Waals surface area contributed by atoms with Gasteiger partial charge >= 0.3 is 15.5 Å². The summed E-state index contributed by atoms with van der Waals surface area (Å²) in [6.07, 6.45) is 0. The fraction of sp³-hybridized carbons (Fsp3) is 0.160. The van der Waals surface area contributed by atoms with Crippen LogP contribution >= 0.6 is 23.5 Å². The molecule has 0 spiro atoms. The molecule has 14 heteroatoms. The summed E-state index contributed by atoms with van der Waals surface area (Å²) in [7, 11) is -5.66. The van der Waals surface area contributed by atoms with Crippen LogP contribution in [-0.4, -0.2) is 28.9 Å². The van der Waals surface area contributed by atoms with E-state index in [0.717, 1.165) is 20.9 Å². The van der Waals surface area contributed by atoms with Crippen LogP contribution in [0.25, 0.3) is 0 Å². The van der Waals surface area contributed by atoms with Crippen LogP contribution in [-0.2, 0) is 10.0 Å². The van der Waals surface area contributed by atoms with Gasteiger partial charge in [-0.15, -0.1) is 10.2 Å². The van der Waals surface area contributed by atoms with Gasteiger partial charge in [0.25, 0.3) is 5.95 Å². The summed E-state index contributed by atoms with van der Waals surface area (Å²) in [6, 6.07) is 19.5. The number of anilines is 1. The fourth-order valence-electron chi connectivity index (χ4n) is 3.12. The first kappa shape index (κ1) is 28.5. The van der Waals surface area contributed by atoms with E-state index in [1.807, 2.05) is 62.4 Å². The maximum absolute atomic E-state index is 13.0. The van der Waals surface area contributed by atoms with Crippen molar-refractivity contribution in [3.63, 3.8) is 0 Å². The first-order valence-corrected chi connectivity index (χ1v) is 14.4. The van der Waals surface area contributed by atoms with E-state index < -0.39 is 15.5 Å². The van der Waals surface area contributed by atoms with Crippen molar-refractivity contribution in [2.45, 2.75) is 46.4 Å². The monoisotopic (exact) mass is 590 g/mol. The number of sulfonamides is 1. The number of aryl methyl sites for hydroxylation is 3. The van der Waals surface area contributed by atoms with Crippen molar-refractivity contribution in [1.82, 2.24) is 15.0 Å². The van der Waals surface area contributed by atoms with Gasteiger partial charge in [0.1, 0.15) is 5.69 Å². The number of nitrogens with one attached hydrogen (secondary N) is 1. The molecule has 39 heavy (non-hydrogen) atoms. The number of aromatic nitrogens is 3. The zero-order chi connectivity index (χ0) is 28.2. The second-order valence-corrected chi connectivity index (χ2v) is 11.9. The minimum Gasteiger partial charge on any atom is -0.274 e. The minimum atomic E-state index is -5.66. The molecule has 0 radical (unpaired) electrons. The summed E-state index contributed by atoms with van der Waals surface area (Å²) in [6.45, 7) is 5.50. The Balaban J connectivity index is 1.72. The highest BCUT2D eigenvalue weighted by Gasteiger charge is 2.46. The SMILES string of the molecule is Cc1ccc(N=Nc2nc(Sc3ccccc3C)nc(Sc3ccccc3C)n2)c(NS(=O)(=O)C(F)(F)F)c1. The zero-order valence-corrected chi connectivity index (χ0v) is 23.2. The molecule has 1 N–H and O–H groups in total. The summed E-state index contributed by atoms with van der Waals surface area (Å²) in [5, 5.41) is 8.68. The van der Waals surface area contributed by atoms with Gasteiger partial charge in [0.15, 0.2) is 10.3 Å². The molecular formula is C25H21F3N6O2S3. The van der Waals surface area contributed by atoms with Crippen LogP contribution in [0.2, 0.25) is 0 Å². The second kappa shape index (κ2) is 11.7. The summed E-state index contributed by atoms with van der Waals surface area (Å²) in [4.78, 5) is 15.1. The Morgan fingerprint density at radius 2 is 1.31 bits per heavy atom. The predicted octanol–water partition coefficient (Wildman–Crippen LogP) is 7.78. The lowest BCUT2D eigenvalue weighted by molar-refractivity contribution is -0.0429. The Kier molecular flexibility index (Phi) is 8.57. The standard InChI is InChI=1S/C25H21F3N6O2S3/c1-15-12-13-18(19(14-15)34-39(35,36)25(26,27)28)32-33-22-29-23(37-20-10-6-4-8-16(20)2)31-24(30-22)38-21-11-7-5-9-17(21)3/h4-14,34H,1-3H3. The molecule has 0 aliphatic carbocycles. The van der Waals surface area contributed by atoms with E-state index in [1.54, 1.807) is 13.0 Å². The number of azo groups is 1. The van der Waals surface area contributed by atoms with Crippen LogP contribution in [0, 0.1) is 20.8 Å². The molecule has 4 rings (SSSR count). The summed E-state index contributed by atoms with van der Waals surface area (Å²) in [5.41, 5.74) is -3.48. The third-order valence-corrected chi connectivity index (χ3v) is 8.30. The average Bonchev–Trinajstić information content (AvgIpc) is 2.85. The highest BCUT2D eigenvalue weighted by molar-refractivity contribution is 7.99. The van der Waals surface area contributed by atoms with Gasteiger partial charge in [-0.1, -0.05) is 42.5 Å². The Hall–Kier alpha value is -3.49. The van der Waals surface area contributed by atoms with Gasteiger partial charge in [-0.2, -0.15) is 36.5 Å². The van der Waals surface area contributed by atoms with E-state index in [9.17, 15) is 21.6 Å². The first-order chi connectivity index (χ1) is 18.4. The molecule has 202 valence electrons. The van der Waals surface area contributed by atoms with Gasteiger partial charge in [-0.05, 0) is 85.3 Å². The number of halogens is 3. The summed E-state index contributed by atoms with van der Waals surface area (Å²) < 4.78 is 63.9. The van der Waals surface area contributed by atoms with Crippen LogP contribution < -0.4 is 4.72 Å². The summed E-state index contributed by atoms with van der Waals surface area (Å²) >= 11 is 2.60. The van der Waals surface area contributed by atoms with E-state index in [-0.39, 0.29) is 17.3 Å². The lowest BCUT2D eigenvalue weighted by Gasteiger charge is -2.12. The minimum absolute atomic E-state index is 0.0950. The number of rotatable bonds is 8. The van der Waals surface area contributed by atoms with Gasteiger partial charge in [-0.3, -0.25) is 4.72 Å². The van der Waals surface area contributed by atoms with Crippen molar-refractivity contribution >= 4 is 50.9 Å². The molecule has 0 amide bonds. The van der Waals surface area contributed by atoms with Gasteiger partial charge in [-0.25, -0.2) is 0 Å². The number of hydrogen-bond donors (Lipinski definition) is 1. The van der Waals surface area contributed by atoms with Gasteiger partial charge < -0.3 is 0 Å². The Bertz CT molecular complexity index is 1580. The summed E-state index contributed by atoms with van der Waals surface area (Å²) in [5.74, 6) is -0.0950. The smallest absolute Gasteiger partial charge is 0.274 e. The molecule has 4 aromatic rings. The van der Waals surface area contributed by atoms with Gasteiger partial charge in [0.2, 0.25) is 0 Å². The molecule has 0 unspecified atom stereocenters. The molecule has 0 saturated heterocycles. The second-order valence-electron chi connectivity index (χ2n) is 8.21. The van der Waals surface area contributed by atoms with Crippen LogP contribution in [0.3, 0.4) is 0 Å². The number of nitrogens with zero attached hydrogens (tertiary/aromatic N) is 5. The van der Waals surface area contributed by atoms with Crippen molar-refractivity contribution in [2.75, 3.05) is 4.72 Å². The largest absolute Gasteiger partial charge is 0.516 e. The van der Waals surface area contributed by atoms with Crippen molar-refractivity contribution < 1.29 is 21.6 Å². The van der Waals surface area contributed by atoms with E-state index >= 15 is 0 Å². The normalized spacial score (nSPS) is 12.2. The fourth-order valence-corrected chi connectivity index (χ4v) is 5.41. The van der Waals surface area contributed by atoms with Crippen molar-refractivity contribution in [2.24, 2.45) is 10.2 Å². The molecule has 0 fully saturated rings. The predicted molar refractivity (Wildman–Crippen MR) is 144 cm³/mol. The molecule has 0 saturated carbocycles. The van der Waals surface area contributed by atoms with Crippen molar-refractivity contribution in [3.8, 4) is 0 Å². The van der Waals surface area contributed by atoms with Crippen molar-refractivity contribution in [1.29, 1.82) is 0 Å². The number of hydrogen-bond acceptors (Lipinski definition) is 9. The Labute approximate surface area is 231 Å². The lowest BCUT2D eigenvalue weighted by atomic mass is 10.2. The molecule has 0 aliphatic heterocycles. The van der Waals surface area contributed by atoms with Gasteiger partial charge in [0, 0.05) is 9.79 Å². The van der Waals surface area contributed by atoms with Crippen LogP contribution in [0.1, 0.15) is 16.7 Å². The lowest BCUT2D eigenvalue weighted by Crippen LogP contribution is -2.29. The highest BCUT2D eigenvalue weighted by Crippen LogP contribution is 2.35. The van der Waals surface area contributed by atoms with Gasteiger partial charge in [0.05, 0.1) is 5.69 Å². The van der Waals surface area contributed by atoms with E-state index in [2.05, 4.69) is 25.2 Å². The maximum Gasteiger partial charge on any atom is 0.516 e. The van der Waals surface area contributed by atoms with E-state index in [0.29, 0.717) is 15.9 Å². The molecular weight excluding hydrogens is 570 g/mol. The average molecular weight is 591 g/mol. The first-order valence-electron chi connectivity index (χ1n) is 11.3.